The number of fused-ring (bicyclic) bond motifs is 1. The zero-order chi connectivity index (χ0) is 22.9. The van der Waals surface area contributed by atoms with Crippen molar-refractivity contribution in [1.82, 2.24) is 15.2 Å². The number of halogens is 1. The van der Waals surface area contributed by atoms with Gasteiger partial charge in [0.25, 0.3) is 5.91 Å². The summed E-state index contributed by atoms with van der Waals surface area (Å²) >= 11 is 0. The summed E-state index contributed by atoms with van der Waals surface area (Å²) in [6, 6.07) is 10.6. The van der Waals surface area contributed by atoms with Crippen LogP contribution in [0.15, 0.2) is 47.6 Å². The molecule has 2 aliphatic heterocycles. The number of nitrogens with one attached hydrogen (secondary N) is 1. The van der Waals surface area contributed by atoms with Crippen molar-refractivity contribution in [2.24, 2.45) is 11.0 Å². The van der Waals surface area contributed by atoms with Crippen molar-refractivity contribution < 1.29 is 23.5 Å². The molecule has 2 aromatic carbocycles. The van der Waals surface area contributed by atoms with Crippen molar-refractivity contribution in [2.75, 3.05) is 26.2 Å². The summed E-state index contributed by atoms with van der Waals surface area (Å²) in [5.41, 5.74) is 3.99. The lowest BCUT2D eigenvalue weighted by molar-refractivity contribution is -0.134. The Morgan fingerprint density at radius 1 is 1.06 bits per heavy atom. The molecule has 1 aliphatic carbocycles. The fourth-order valence-electron chi connectivity index (χ4n) is 4.13. The average Bonchev–Trinajstić information content (AvgIpc) is 3.70. The average molecular weight is 450 g/mol. The fourth-order valence-corrected chi connectivity index (χ4v) is 4.13. The van der Waals surface area contributed by atoms with Gasteiger partial charge in [-0.15, -0.1) is 5.10 Å². The molecule has 2 fully saturated rings. The summed E-state index contributed by atoms with van der Waals surface area (Å²) in [5.74, 6) is -0.316. The Morgan fingerprint density at radius 2 is 1.79 bits per heavy atom. The van der Waals surface area contributed by atoms with Crippen LogP contribution >= 0.6 is 0 Å². The summed E-state index contributed by atoms with van der Waals surface area (Å²) in [5, 5.41) is 4.14. The van der Waals surface area contributed by atoms with Gasteiger partial charge in [-0.05, 0) is 42.7 Å². The quantitative estimate of drug-likeness (QED) is 0.721. The molecule has 0 aromatic heterocycles. The van der Waals surface area contributed by atoms with Crippen LogP contribution in [-0.2, 0) is 9.59 Å². The predicted molar refractivity (Wildman–Crippen MR) is 117 cm³/mol. The number of amides is 2. The zero-order valence-corrected chi connectivity index (χ0v) is 17.9. The van der Waals surface area contributed by atoms with E-state index in [0.717, 1.165) is 24.7 Å². The molecule has 9 heteroatoms. The van der Waals surface area contributed by atoms with Crippen molar-refractivity contribution in [1.29, 1.82) is 0 Å². The van der Waals surface area contributed by atoms with E-state index in [-0.39, 0.29) is 29.0 Å². The molecule has 0 radical (unpaired) electrons. The Hall–Kier alpha value is -3.75. The van der Waals surface area contributed by atoms with Gasteiger partial charge in [-0.3, -0.25) is 15.0 Å². The number of piperazine rings is 1. The molecule has 5 rings (SSSR count). The molecular weight excluding hydrogens is 427 g/mol. The molecule has 1 atom stereocenters. The minimum atomic E-state index is -0.644. The van der Waals surface area contributed by atoms with E-state index in [2.05, 4.69) is 10.5 Å². The number of carbonyl (C=O) groups excluding carboxylic acids is 3. The van der Waals surface area contributed by atoms with E-state index in [1.54, 1.807) is 28.0 Å². The number of rotatable bonds is 4. The van der Waals surface area contributed by atoms with Crippen molar-refractivity contribution in [3.63, 3.8) is 0 Å². The van der Waals surface area contributed by atoms with Gasteiger partial charge in [0.1, 0.15) is 23.9 Å². The second kappa shape index (κ2) is 8.65. The number of carbonyl (C=O) groups is 3. The van der Waals surface area contributed by atoms with Crippen LogP contribution in [0.2, 0.25) is 0 Å². The Bertz CT molecular complexity index is 1140. The van der Waals surface area contributed by atoms with Crippen LogP contribution in [0.1, 0.15) is 40.4 Å². The van der Waals surface area contributed by atoms with Crippen LogP contribution in [0, 0.1) is 11.7 Å². The van der Waals surface area contributed by atoms with E-state index in [1.807, 2.05) is 6.07 Å². The molecule has 1 N–H and O–H groups in total. The normalized spacial score (nSPS) is 19.8. The fraction of sp³-hybridized carbons (Fsp3) is 0.333. The summed E-state index contributed by atoms with van der Waals surface area (Å²) in [4.78, 5) is 39.9. The Morgan fingerprint density at radius 3 is 2.52 bits per heavy atom. The highest BCUT2D eigenvalue weighted by Gasteiger charge is 2.35. The number of nitrogens with zero attached hydrogens (tertiary/aromatic N) is 3. The lowest BCUT2D eigenvalue weighted by Gasteiger charge is -2.35. The molecule has 2 heterocycles. The van der Waals surface area contributed by atoms with E-state index < -0.39 is 17.8 Å². The topological polar surface area (TPSA) is 91.3 Å². The smallest absolute Gasteiger partial charge is 0.257 e. The summed E-state index contributed by atoms with van der Waals surface area (Å²) in [6.07, 6.45) is 2.64. The molecule has 0 bridgehead atoms. The summed E-state index contributed by atoms with van der Waals surface area (Å²) in [6.45, 7) is 1.63. The number of hydrogen-bond acceptors (Lipinski definition) is 6. The van der Waals surface area contributed by atoms with Crippen molar-refractivity contribution in [3.8, 4) is 5.75 Å². The molecular formula is C24H23FN4O4. The Balaban J connectivity index is 1.31. The molecule has 8 nitrogen and oxygen atoms in total. The first-order chi connectivity index (χ1) is 16.0. The van der Waals surface area contributed by atoms with Crippen LogP contribution < -0.4 is 10.2 Å². The van der Waals surface area contributed by atoms with E-state index in [0.29, 0.717) is 31.7 Å². The number of hydrogen-bond donors (Lipinski definition) is 1. The van der Waals surface area contributed by atoms with Gasteiger partial charge < -0.3 is 19.3 Å². The van der Waals surface area contributed by atoms with E-state index in [1.165, 1.54) is 18.2 Å². The van der Waals surface area contributed by atoms with Gasteiger partial charge in [-0.1, -0.05) is 18.2 Å². The van der Waals surface area contributed by atoms with Gasteiger partial charge in [0.15, 0.2) is 0 Å². The second-order valence-corrected chi connectivity index (χ2v) is 8.38. The molecule has 2 amide bonds. The van der Waals surface area contributed by atoms with Gasteiger partial charge >= 0.3 is 0 Å². The molecule has 1 unspecified atom stereocenters. The largest absolute Gasteiger partial charge is 0.437 e. The maximum Gasteiger partial charge on any atom is 0.257 e. The molecule has 3 aliphatic rings. The number of aldehydes is 1. The van der Waals surface area contributed by atoms with Gasteiger partial charge in [-0.25, -0.2) is 4.39 Å². The minimum Gasteiger partial charge on any atom is -0.437 e. The molecule has 170 valence electrons. The zero-order valence-electron chi connectivity index (χ0n) is 17.9. The van der Waals surface area contributed by atoms with Crippen LogP contribution in [0.25, 0.3) is 0 Å². The van der Waals surface area contributed by atoms with Crippen molar-refractivity contribution in [3.05, 3.63) is 65.0 Å². The summed E-state index contributed by atoms with van der Waals surface area (Å²) in [7, 11) is 0. The van der Waals surface area contributed by atoms with E-state index in [4.69, 9.17) is 4.74 Å². The van der Waals surface area contributed by atoms with Gasteiger partial charge in [0, 0.05) is 37.7 Å². The standard InChI is InChI=1S/C24H23FN4O4/c25-20-8-7-16(33-22-18-4-2-1-3-17(18)21(14-30)26-27-22)13-19(20)24(32)29-11-9-28(10-12-29)23(31)15-5-6-15/h1-4,7-8,13-15,21,26H,5-6,9-12H2. The Kier molecular flexibility index (Phi) is 5.53. The highest BCUT2D eigenvalue weighted by molar-refractivity contribution is 5.99. The van der Waals surface area contributed by atoms with Gasteiger partial charge in [-0.2, -0.15) is 0 Å². The molecule has 33 heavy (non-hydrogen) atoms. The monoisotopic (exact) mass is 450 g/mol. The first kappa shape index (κ1) is 21.1. The SMILES string of the molecule is O=CC1NN=C(Oc2ccc(F)c(C(=O)N3CCN(C(=O)C4CC4)CC3)c2)c2ccccc21. The first-order valence-corrected chi connectivity index (χ1v) is 11.0. The molecule has 2 aromatic rings. The van der Waals surface area contributed by atoms with Crippen LogP contribution in [-0.4, -0.2) is 60.0 Å². The molecule has 1 saturated carbocycles. The second-order valence-electron chi connectivity index (χ2n) is 8.38. The van der Waals surface area contributed by atoms with Crippen molar-refractivity contribution >= 4 is 24.0 Å². The first-order valence-electron chi connectivity index (χ1n) is 11.0. The lowest BCUT2D eigenvalue weighted by Crippen LogP contribution is -2.51. The van der Waals surface area contributed by atoms with E-state index in [9.17, 15) is 18.8 Å². The maximum atomic E-state index is 14.6. The van der Waals surface area contributed by atoms with Crippen molar-refractivity contribution in [2.45, 2.75) is 18.9 Å². The third-order valence-corrected chi connectivity index (χ3v) is 6.16. The van der Waals surface area contributed by atoms with Gasteiger partial charge in [0.05, 0.1) is 5.56 Å². The predicted octanol–water partition coefficient (Wildman–Crippen LogP) is 2.10. The molecule has 0 spiro atoms. The third kappa shape index (κ3) is 4.18. The van der Waals surface area contributed by atoms with Crippen LogP contribution in [0.3, 0.4) is 0 Å². The summed E-state index contributed by atoms with van der Waals surface area (Å²) < 4.78 is 20.4. The number of benzene rings is 2. The molecule has 1 saturated heterocycles. The van der Waals surface area contributed by atoms with E-state index >= 15 is 0 Å². The van der Waals surface area contributed by atoms with Gasteiger partial charge in [0.2, 0.25) is 11.8 Å². The number of ether oxygens (including phenoxy) is 1. The lowest BCUT2D eigenvalue weighted by atomic mass is 10.0. The van der Waals surface area contributed by atoms with Crippen LogP contribution in [0.4, 0.5) is 4.39 Å². The Labute approximate surface area is 190 Å². The number of hydrazone groups is 1. The highest BCUT2D eigenvalue weighted by Crippen LogP contribution is 2.31. The van der Waals surface area contributed by atoms with Crippen LogP contribution in [0.5, 0.6) is 5.75 Å². The minimum absolute atomic E-state index is 0.0992. The highest BCUT2D eigenvalue weighted by atomic mass is 19.1. The third-order valence-electron chi connectivity index (χ3n) is 6.16. The maximum absolute atomic E-state index is 14.6.